The van der Waals surface area contributed by atoms with Crippen molar-refractivity contribution in [2.45, 2.75) is 85.5 Å². The molecular weight excluding hydrogens is 841 g/mol. The van der Waals surface area contributed by atoms with Crippen LogP contribution in [-0.4, -0.2) is 16.2 Å². The van der Waals surface area contributed by atoms with Gasteiger partial charge in [0.25, 0.3) is 0 Å². The molecule has 0 amide bonds. The highest BCUT2D eigenvalue weighted by Crippen LogP contribution is 2.45. The first-order chi connectivity index (χ1) is 32.9. The molecule has 69 heavy (non-hydrogen) atoms. The van der Waals surface area contributed by atoms with Crippen LogP contribution in [0.2, 0.25) is 0 Å². The van der Waals surface area contributed by atoms with E-state index in [0.29, 0.717) is 6.67 Å². The maximum absolute atomic E-state index is 6.85. The largest absolute Gasteiger partial charge is 0.457 e. The maximum Gasteiger partial charge on any atom is 0.137 e. The van der Waals surface area contributed by atoms with Crippen molar-refractivity contribution >= 4 is 33.2 Å². The topological polar surface area (TPSA) is 33.5 Å². The van der Waals surface area contributed by atoms with Crippen LogP contribution in [-0.2, 0) is 16.2 Å². The van der Waals surface area contributed by atoms with Gasteiger partial charge in [-0.25, -0.2) is 4.98 Å². The van der Waals surface area contributed by atoms with Gasteiger partial charge in [-0.2, -0.15) is 0 Å². The van der Waals surface area contributed by atoms with Gasteiger partial charge >= 0.3 is 0 Å². The van der Waals surface area contributed by atoms with Crippen LogP contribution in [0, 0.1) is 5.41 Å². The Morgan fingerprint density at radius 2 is 1.06 bits per heavy atom. The minimum absolute atomic E-state index is 0.0308. The molecule has 346 valence electrons. The van der Waals surface area contributed by atoms with Crippen LogP contribution < -0.4 is 14.5 Å². The van der Waals surface area contributed by atoms with Crippen LogP contribution in [0.5, 0.6) is 11.5 Å². The molecule has 10 rings (SSSR count). The minimum atomic E-state index is -0.231. The van der Waals surface area contributed by atoms with Gasteiger partial charge in [-0.1, -0.05) is 178 Å². The Balaban J connectivity index is 1.02. The number of allylic oxidation sites excluding steroid dienone is 1. The van der Waals surface area contributed by atoms with Crippen molar-refractivity contribution in [2.24, 2.45) is 5.41 Å². The minimum Gasteiger partial charge on any atom is -0.457 e. The Morgan fingerprint density at radius 3 is 1.68 bits per heavy atom. The Morgan fingerprint density at radius 1 is 0.435 bits per heavy atom. The number of benzene rings is 7. The zero-order valence-corrected chi connectivity index (χ0v) is 41.9. The number of nitrogens with zero attached hydrogens (tertiary/aromatic N) is 4. The normalized spacial score (nSPS) is 13.6. The van der Waals surface area contributed by atoms with E-state index in [1.54, 1.807) is 0 Å². The van der Waals surface area contributed by atoms with Crippen LogP contribution in [0.1, 0.15) is 97.1 Å². The quantitative estimate of drug-likeness (QED) is 0.137. The molecular formula is C64H64N4O. The molecule has 0 atom stereocenters. The highest BCUT2D eigenvalue weighted by atomic mass is 16.5. The maximum atomic E-state index is 6.85. The van der Waals surface area contributed by atoms with Crippen molar-refractivity contribution in [3.05, 3.63) is 228 Å². The van der Waals surface area contributed by atoms with Crippen molar-refractivity contribution in [3.63, 3.8) is 0 Å². The molecule has 1 aliphatic rings. The van der Waals surface area contributed by atoms with Gasteiger partial charge in [0, 0.05) is 68.6 Å². The second kappa shape index (κ2) is 17.3. The lowest BCUT2D eigenvalue weighted by Gasteiger charge is -2.35. The molecule has 0 N–H and O–H groups in total. The third-order valence-corrected chi connectivity index (χ3v) is 14.4. The highest BCUT2D eigenvalue weighted by molar-refractivity contribution is 6.10. The molecule has 0 unspecified atom stereocenters. The van der Waals surface area contributed by atoms with Crippen LogP contribution in [0.3, 0.4) is 0 Å². The second-order valence-electron chi connectivity index (χ2n) is 21.9. The van der Waals surface area contributed by atoms with Crippen molar-refractivity contribution in [1.29, 1.82) is 0 Å². The van der Waals surface area contributed by atoms with E-state index in [1.165, 1.54) is 55.7 Å². The summed E-state index contributed by atoms with van der Waals surface area (Å²) < 4.78 is 9.14. The number of pyridine rings is 1. The van der Waals surface area contributed by atoms with Gasteiger partial charge in [-0.05, 0) is 105 Å². The van der Waals surface area contributed by atoms with Crippen molar-refractivity contribution in [1.82, 2.24) is 9.55 Å². The molecule has 5 nitrogen and oxygen atoms in total. The van der Waals surface area contributed by atoms with Gasteiger partial charge in [-0.3, -0.25) is 4.57 Å². The summed E-state index contributed by atoms with van der Waals surface area (Å²) in [6, 6.07) is 65.8. The Kier molecular flexibility index (Phi) is 11.4. The number of hydrogen-bond donors (Lipinski definition) is 0. The lowest BCUT2D eigenvalue weighted by Crippen LogP contribution is -2.32. The van der Waals surface area contributed by atoms with E-state index < -0.39 is 0 Å². The summed E-state index contributed by atoms with van der Waals surface area (Å²) in [6.45, 7) is 23.8. The predicted molar refractivity (Wildman–Crippen MR) is 290 cm³/mol. The molecule has 0 bridgehead atoms. The van der Waals surface area contributed by atoms with Crippen LogP contribution in [0.15, 0.2) is 200 Å². The molecule has 0 fully saturated rings. The van der Waals surface area contributed by atoms with E-state index in [0.717, 1.165) is 39.4 Å². The van der Waals surface area contributed by atoms with Crippen LogP contribution >= 0.6 is 0 Å². The summed E-state index contributed by atoms with van der Waals surface area (Å²) in [4.78, 5) is 9.84. The zero-order valence-electron chi connectivity index (χ0n) is 41.9. The Bertz CT molecular complexity index is 3280. The zero-order chi connectivity index (χ0) is 48.3. The van der Waals surface area contributed by atoms with Crippen molar-refractivity contribution in [2.75, 3.05) is 16.5 Å². The molecule has 0 radical (unpaired) electrons. The van der Waals surface area contributed by atoms with E-state index in [9.17, 15) is 0 Å². The average Bonchev–Trinajstić information content (AvgIpc) is 3.95. The number of anilines is 2. The SMILES string of the molecule is CC(C)(C)C1=CN(c2cccc(Oc3ccc4c5cc(-c6ccccc6)ccc5n(-c5cc(C(C)(C)C)ccn5)c4c3)c2)CN1c1cc(C(C)(C)c2ccccc2)cc(C(C)(C)c2ccccc2)c1. The highest BCUT2D eigenvalue weighted by Gasteiger charge is 2.35. The molecule has 3 heterocycles. The monoisotopic (exact) mass is 905 g/mol. The second-order valence-corrected chi connectivity index (χ2v) is 21.9. The fraction of sp³-hybridized carbons (Fsp3) is 0.234. The van der Waals surface area contributed by atoms with Gasteiger partial charge in [0.2, 0.25) is 0 Å². The standard InChI is InChI=1S/C64H64N4O/c1-61(2,3)48-33-34-65-60(39-48)68-57-32-29-45(44-21-14-11-15-22-44)35-56(57)55-31-30-54(41-58(55)68)69-53-28-20-27-51(40-53)66-42-59(62(4,5)6)67(43-66)52-37-49(63(7,8)46-23-16-12-17-24-46)36-50(38-52)64(9,10)47-25-18-13-19-26-47/h11-42H,43H2,1-10H3. The van der Waals surface area contributed by atoms with Gasteiger partial charge in [-0.15, -0.1) is 0 Å². The van der Waals surface area contributed by atoms with E-state index in [2.05, 4.69) is 272 Å². The summed E-state index contributed by atoms with van der Waals surface area (Å²) in [5.74, 6) is 2.43. The van der Waals surface area contributed by atoms with Gasteiger partial charge < -0.3 is 14.5 Å². The van der Waals surface area contributed by atoms with Gasteiger partial charge in [0.1, 0.15) is 17.3 Å². The first kappa shape index (κ1) is 45.4. The third kappa shape index (κ3) is 8.72. The molecule has 0 saturated heterocycles. The molecule has 2 aromatic heterocycles. The van der Waals surface area contributed by atoms with E-state index in [1.807, 2.05) is 6.20 Å². The predicted octanol–water partition coefficient (Wildman–Crippen LogP) is 16.8. The molecule has 0 saturated carbocycles. The van der Waals surface area contributed by atoms with Gasteiger partial charge in [0.15, 0.2) is 0 Å². The average molecular weight is 905 g/mol. The molecule has 9 aromatic rings. The van der Waals surface area contributed by atoms with E-state index >= 15 is 0 Å². The molecule has 5 heteroatoms. The smallest absolute Gasteiger partial charge is 0.137 e. The Labute approximate surface area is 409 Å². The fourth-order valence-corrected chi connectivity index (χ4v) is 9.98. The summed E-state index contributed by atoms with van der Waals surface area (Å²) in [5, 5.41) is 2.32. The number of rotatable bonds is 10. The lowest BCUT2D eigenvalue weighted by atomic mass is 9.73. The fourth-order valence-electron chi connectivity index (χ4n) is 9.98. The third-order valence-electron chi connectivity index (χ3n) is 14.4. The van der Waals surface area contributed by atoms with Crippen LogP contribution in [0.25, 0.3) is 38.8 Å². The van der Waals surface area contributed by atoms with Gasteiger partial charge in [0.05, 0.1) is 17.7 Å². The lowest BCUT2D eigenvalue weighted by molar-refractivity contribution is 0.483. The Hall–Kier alpha value is -7.37. The van der Waals surface area contributed by atoms with Crippen molar-refractivity contribution < 1.29 is 4.74 Å². The van der Waals surface area contributed by atoms with E-state index in [-0.39, 0.29) is 21.7 Å². The summed E-state index contributed by atoms with van der Waals surface area (Å²) in [6.07, 6.45) is 4.27. The van der Waals surface area contributed by atoms with Crippen LogP contribution in [0.4, 0.5) is 11.4 Å². The summed E-state index contributed by atoms with van der Waals surface area (Å²) >= 11 is 0. The summed E-state index contributed by atoms with van der Waals surface area (Å²) in [7, 11) is 0. The number of hydrogen-bond acceptors (Lipinski definition) is 4. The van der Waals surface area contributed by atoms with Crippen molar-refractivity contribution in [3.8, 4) is 28.4 Å². The first-order valence-corrected chi connectivity index (χ1v) is 24.4. The first-order valence-electron chi connectivity index (χ1n) is 24.4. The molecule has 0 aliphatic carbocycles. The molecule has 1 aliphatic heterocycles. The number of aromatic nitrogens is 2. The summed E-state index contributed by atoms with van der Waals surface area (Å²) in [5.41, 5.74) is 13.8. The van der Waals surface area contributed by atoms with E-state index in [4.69, 9.17) is 9.72 Å². The number of fused-ring (bicyclic) bond motifs is 3. The number of ether oxygens (including phenoxy) is 1. The molecule has 7 aromatic carbocycles. The molecule has 0 spiro atoms.